The van der Waals surface area contributed by atoms with Crippen molar-refractivity contribution in [2.45, 2.75) is 0 Å². The van der Waals surface area contributed by atoms with Crippen molar-refractivity contribution in [1.82, 2.24) is 5.32 Å². The molecule has 6 heteroatoms. The van der Waals surface area contributed by atoms with Crippen LogP contribution in [0.3, 0.4) is 0 Å². The first-order valence-electron chi connectivity index (χ1n) is 5.03. The van der Waals surface area contributed by atoms with Crippen LogP contribution in [0.5, 0.6) is 0 Å². The Balaban J connectivity index is 2.22. The molecule has 92 valence electrons. The molecule has 0 atom stereocenters. The lowest BCUT2D eigenvalue weighted by Crippen LogP contribution is -2.34. The Morgan fingerprint density at radius 3 is 2.50 bits per heavy atom. The van der Waals surface area contributed by atoms with Gasteiger partial charge in [0.2, 0.25) is 0 Å². The number of rotatable bonds is 2. The predicted octanol–water partition coefficient (Wildman–Crippen LogP) is 2.06. The van der Waals surface area contributed by atoms with Crippen molar-refractivity contribution in [3.63, 3.8) is 0 Å². The molecule has 0 aliphatic carbocycles. The van der Waals surface area contributed by atoms with Crippen LogP contribution < -0.4 is 11.1 Å². The molecule has 0 saturated heterocycles. The molecule has 0 aliphatic rings. The van der Waals surface area contributed by atoms with Crippen LogP contribution in [0.2, 0.25) is 0 Å². The number of furan rings is 1. The fraction of sp³-hybridized carbons (Fsp3) is 0. The normalized spacial score (nSPS) is 10.1. The van der Waals surface area contributed by atoms with Crippen LogP contribution in [-0.4, -0.2) is 11.0 Å². The highest BCUT2D eigenvalue weighted by atomic mass is 32.1. The lowest BCUT2D eigenvalue weighted by Gasteiger charge is -1.99. The van der Waals surface area contributed by atoms with Gasteiger partial charge in [0.15, 0.2) is 10.9 Å². The number of hydrogen-bond acceptors (Lipinski definition) is 3. The smallest absolute Gasteiger partial charge is 0.293 e. The van der Waals surface area contributed by atoms with Crippen molar-refractivity contribution in [3.05, 3.63) is 48.0 Å². The summed E-state index contributed by atoms with van der Waals surface area (Å²) in [5.74, 6) is -0.308. The van der Waals surface area contributed by atoms with E-state index in [-0.39, 0.29) is 16.7 Å². The average molecular weight is 264 g/mol. The fourth-order valence-corrected chi connectivity index (χ4v) is 1.50. The molecule has 0 radical (unpaired) electrons. The number of nitrogens with one attached hydrogen (secondary N) is 1. The van der Waals surface area contributed by atoms with Gasteiger partial charge in [-0.25, -0.2) is 4.39 Å². The zero-order valence-electron chi connectivity index (χ0n) is 9.14. The van der Waals surface area contributed by atoms with Gasteiger partial charge in [0.25, 0.3) is 5.91 Å². The van der Waals surface area contributed by atoms with Gasteiger partial charge < -0.3 is 10.2 Å². The SMILES string of the molecule is NC(=S)NC(=O)c1ccc(-c2ccc(F)cc2)o1. The average Bonchev–Trinajstić information content (AvgIpc) is 2.78. The van der Waals surface area contributed by atoms with Crippen LogP contribution in [0.15, 0.2) is 40.8 Å². The Kier molecular flexibility index (Phi) is 3.38. The molecule has 1 amide bonds. The summed E-state index contributed by atoms with van der Waals surface area (Å²) in [4.78, 5) is 11.5. The van der Waals surface area contributed by atoms with Crippen LogP contribution in [0.25, 0.3) is 11.3 Å². The van der Waals surface area contributed by atoms with Crippen molar-refractivity contribution in [3.8, 4) is 11.3 Å². The van der Waals surface area contributed by atoms with E-state index in [0.29, 0.717) is 11.3 Å². The van der Waals surface area contributed by atoms with E-state index in [2.05, 4.69) is 17.5 Å². The van der Waals surface area contributed by atoms with Gasteiger partial charge in [-0.1, -0.05) is 0 Å². The van der Waals surface area contributed by atoms with Gasteiger partial charge in [0.1, 0.15) is 11.6 Å². The van der Waals surface area contributed by atoms with Crippen LogP contribution >= 0.6 is 12.2 Å². The van der Waals surface area contributed by atoms with Gasteiger partial charge in [-0.05, 0) is 48.6 Å². The summed E-state index contributed by atoms with van der Waals surface area (Å²) in [6, 6.07) is 8.85. The summed E-state index contributed by atoms with van der Waals surface area (Å²) >= 11 is 4.55. The van der Waals surface area contributed by atoms with Gasteiger partial charge in [0, 0.05) is 5.56 Å². The van der Waals surface area contributed by atoms with E-state index in [9.17, 15) is 9.18 Å². The molecule has 0 spiro atoms. The Hall–Kier alpha value is -2.21. The summed E-state index contributed by atoms with van der Waals surface area (Å²) in [6.45, 7) is 0. The van der Waals surface area contributed by atoms with E-state index >= 15 is 0 Å². The van der Waals surface area contributed by atoms with Crippen LogP contribution in [0.4, 0.5) is 4.39 Å². The Bertz CT molecular complexity index is 592. The lowest BCUT2D eigenvalue weighted by molar-refractivity contribution is 0.0951. The standard InChI is InChI=1S/C12H9FN2O2S/c13-8-3-1-7(2-4-8)9-5-6-10(17-9)11(16)15-12(14)18/h1-6H,(H3,14,15,16,18). The van der Waals surface area contributed by atoms with Gasteiger partial charge in [-0.3, -0.25) is 10.1 Å². The molecular formula is C12H9FN2O2S. The zero-order valence-corrected chi connectivity index (χ0v) is 9.96. The third-order valence-electron chi connectivity index (χ3n) is 2.20. The maximum Gasteiger partial charge on any atom is 0.293 e. The van der Waals surface area contributed by atoms with Gasteiger partial charge in [-0.15, -0.1) is 0 Å². The molecule has 1 aromatic carbocycles. The highest BCUT2D eigenvalue weighted by molar-refractivity contribution is 7.80. The first-order chi connectivity index (χ1) is 8.56. The van der Waals surface area contributed by atoms with Crippen molar-refractivity contribution >= 4 is 23.2 Å². The monoisotopic (exact) mass is 264 g/mol. The molecule has 0 bridgehead atoms. The van der Waals surface area contributed by atoms with E-state index in [1.807, 2.05) is 0 Å². The first kappa shape index (κ1) is 12.3. The molecule has 0 saturated carbocycles. The number of nitrogens with two attached hydrogens (primary N) is 1. The summed E-state index contributed by atoms with van der Waals surface area (Å²) in [7, 11) is 0. The number of carbonyl (C=O) groups excluding carboxylic acids is 1. The third kappa shape index (κ3) is 2.72. The molecule has 18 heavy (non-hydrogen) atoms. The number of amides is 1. The minimum absolute atomic E-state index is 0.0853. The van der Waals surface area contributed by atoms with E-state index < -0.39 is 5.91 Å². The Labute approximate surface area is 108 Å². The highest BCUT2D eigenvalue weighted by Gasteiger charge is 2.12. The molecule has 0 aliphatic heterocycles. The second kappa shape index (κ2) is 4.97. The van der Waals surface area contributed by atoms with E-state index in [4.69, 9.17) is 10.2 Å². The predicted molar refractivity (Wildman–Crippen MR) is 68.4 cm³/mol. The van der Waals surface area contributed by atoms with Crippen molar-refractivity contribution in [2.24, 2.45) is 5.73 Å². The maximum atomic E-state index is 12.8. The summed E-state index contributed by atoms with van der Waals surface area (Å²) in [5, 5.41) is 2.12. The van der Waals surface area contributed by atoms with Crippen LogP contribution in [-0.2, 0) is 0 Å². The first-order valence-corrected chi connectivity index (χ1v) is 5.43. The molecule has 0 fully saturated rings. The Morgan fingerprint density at radius 2 is 1.89 bits per heavy atom. The van der Waals surface area contributed by atoms with E-state index in [1.165, 1.54) is 18.2 Å². The van der Waals surface area contributed by atoms with E-state index in [1.54, 1.807) is 18.2 Å². The number of thiocarbonyl (C=S) groups is 1. The summed E-state index contributed by atoms with van der Waals surface area (Å²) in [5.41, 5.74) is 5.85. The molecule has 3 N–H and O–H groups in total. The molecular weight excluding hydrogens is 255 g/mol. The van der Waals surface area contributed by atoms with Crippen LogP contribution in [0.1, 0.15) is 10.6 Å². The molecule has 4 nitrogen and oxygen atoms in total. The van der Waals surface area contributed by atoms with Crippen molar-refractivity contribution in [2.75, 3.05) is 0 Å². The molecule has 1 aromatic heterocycles. The third-order valence-corrected chi connectivity index (χ3v) is 2.30. The van der Waals surface area contributed by atoms with Gasteiger partial charge in [0.05, 0.1) is 0 Å². The highest BCUT2D eigenvalue weighted by Crippen LogP contribution is 2.22. The number of benzene rings is 1. The Morgan fingerprint density at radius 1 is 1.22 bits per heavy atom. The van der Waals surface area contributed by atoms with Gasteiger partial charge >= 0.3 is 0 Å². The second-order valence-corrected chi connectivity index (χ2v) is 3.93. The minimum atomic E-state index is -0.518. The largest absolute Gasteiger partial charge is 0.451 e. The fourth-order valence-electron chi connectivity index (χ4n) is 1.40. The molecule has 2 rings (SSSR count). The lowest BCUT2D eigenvalue weighted by atomic mass is 10.2. The second-order valence-electron chi connectivity index (χ2n) is 3.49. The topological polar surface area (TPSA) is 68.3 Å². The van der Waals surface area contributed by atoms with Crippen molar-refractivity contribution < 1.29 is 13.6 Å². The number of hydrogen-bond donors (Lipinski definition) is 2. The summed E-state index contributed by atoms with van der Waals surface area (Å²) in [6.07, 6.45) is 0. The van der Waals surface area contributed by atoms with Crippen LogP contribution in [0, 0.1) is 5.82 Å². The quantitative estimate of drug-likeness (QED) is 0.815. The maximum absolute atomic E-state index is 12.8. The summed E-state index contributed by atoms with van der Waals surface area (Å²) < 4.78 is 18.1. The minimum Gasteiger partial charge on any atom is -0.451 e. The number of halogens is 1. The number of carbonyl (C=O) groups is 1. The van der Waals surface area contributed by atoms with Gasteiger partial charge in [-0.2, -0.15) is 0 Å². The molecule has 1 heterocycles. The van der Waals surface area contributed by atoms with E-state index in [0.717, 1.165) is 0 Å². The molecule has 2 aromatic rings. The molecule has 0 unspecified atom stereocenters. The van der Waals surface area contributed by atoms with Crippen molar-refractivity contribution in [1.29, 1.82) is 0 Å². The zero-order chi connectivity index (χ0) is 13.1.